The largest absolute Gasteiger partial charge is 0.397 e. The Balaban J connectivity index is 1.74. The molecule has 0 saturated carbocycles. The van der Waals surface area contributed by atoms with Crippen molar-refractivity contribution in [2.75, 3.05) is 16.8 Å². The van der Waals surface area contributed by atoms with E-state index in [-0.39, 0.29) is 5.91 Å². The summed E-state index contributed by atoms with van der Waals surface area (Å²) in [6.07, 6.45) is 4.76. The molecule has 21 heavy (non-hydrogen) atoms. The Morgan fingerprint density at radius 2 is 2.05 bits per heavy atom. The van der Waals surface area contributed by atoms with E-state index in [1.54, 1.807) is 42.4 Å². The lowest BCUT2D eigenvalue weighted by atomic mass is 10.2. The number of nitrogens with one attached hydrogen (secondary N) is 1. The molecule has 3 N–H and O–H groups in total. The molecular formula is C15H16ClN3OS. The molecule has 0 radical (unpaired) electrons. The molecule has 4 nitrogen and oxygen atoms in total. The summed E-state index contributed by atoms with van der Waals surface area (Å²) in [5.41, 5.74) is 6.86. The summed E-state index contributed by atoms with van der Waals surface area (Å²) in [4.78, 5) is 17.0. The first kappa shape index (κ1) is 15.7. The van der Waals surface area contributed by atoms with Crippen LogP contribution < -0.4 is 11.1 Å². The van der Waals surface area contributed by atoms with Gasteiger partial charge in [0.05, 0.1) is 11.4 Å². The van der Waals surface area contributed by atoms with Gasteiger partial charge in [-0.1, -0.05) is 11.6 Å². The van der Waals surface area contributed by atoms with Gasteiger partial charge >= 0.3 is 0 Å². The van der Waals surface area contributed by atoms with Crippen LogP contribution in [0.3, 0.4) is 0 Å². The molecule has 0 spiro atoms. The van der Waals surface area contributed by atoms with Gasteiger partial charge in [0.25, 0.3) is 0 Å². The Morgan fingerprint density at radius 1 is 1.29 bits per heavy atom. The number of carbonyl (C=O) groups is 1. The maximum Gasteiger partial charge on any atom is 0.224 e. The van der Waals surface area contributed by atoms with Crippen LogP contribution in [0.15, 0.2) is 47.6 Å². The van der Waals surface area contributed by atoms with E-state index in [4.69, 9.17) is 17.3 Å². The maximum absolute atomic E-state index is 11.9. The average molecular weight is 322 g/mol. The van der Waals surface area contributed by atoms with Crippen molar-refractivity contribution in [1.29, 1.82) is 0 Å². The standard InChI is InChI=1S/C15H16ClN3OS/c16-11-3-4-13(17)14(10-11)19-15(20)2-1-9-21-12-5-7-18-8-6-12/h3-8,10H,1-2,9,17H2,(H,19,20). The van der Waals surface area contributed by atoms with Gasteiger partial charge in [0.15, 0.2) is 0 Å². The summed E-state index contributed by atoms with van der Waals surface area (Å²) in [5, 5.41) is 3.33. The Labute approximate surface area is 133 Å². The van der Waals surface area contributed by atoms with E-state index >= 15 is 0 Å². The lowest BCUT2D eigenvalue weighted by molar-refractivity contribution is -0.116. The first-order chi connectivity index (χ1) is 10.1. The molecule has 0 aliphatic carbocycles. The molecule has 1 amide bonds. The van der Waals surface area contributed by atoms with Crippen molar-refractivity contribution in [1.82, 2.24) is 4.98 Å². The van der Waals surface area contributed by atoms with Crippen molar-refractivity contribution < 1.29 is 4.79 Å². The number of benzene rings is 1. The molecular weight excluding hydrogens is 306 g/mol. The van der Waals surface area contributed by atoms with Gasteiger partial charge in [0, 0.05) is 28.7 Å². The van der Waals surface area contributed by atoms with Crippen molar-refractivity contribution in [3.63, 3.8) is 0 Å². The second-order valence-electron chi connectivity index (χ2n) is 4.41. The molecule has 0 bridgehead atoms. The molecule has 1 heterocycles. The summed E-state index contributed by atoms with van der Waals surface area (Å²) < 4.78 is 0. The Hall–Kier alpha value is -1.72. The third kappa shape index (κ3) is 5.28. The van der Waals surface area contributed by atoms with Crippen molar-refractivity contribution in [3.8, 4) is 0 Å². The quantitative estimate of drug-likeness (QED) is 0.482. The van der Waals surface area contributed by atoms with Gasteiger partial charge in [-0.15, -0.1) is 11.8 Å². The number of halogens is 1. The monoisotopic (exact) mass is 321 g/mol. The number of carbonyl (C=O) groups excluding carboxylic acids is 1. The number of aromatic nitrogens is 1. The number of nitrogens with two attached hydrogens (primary N) is 1. The highest BCUT2D eigenvalue weighted by atomic mass is 35.5. The average Bonchev–Trinajstić information content (AvgIpc) is 2.48. The first-order valence-electron chi connectivity index (χ1n) is 6.53. The highest BCUT2D eigenvalue weighted by Gasteiger charge is 2.06. The molecule has 0 atom stereocenters. The number of hydrogen-bond donors (Lipinski definition) is 2. The lowest BCUT2D eigenvalue weighted by Gasteiger charge is -2.08. The third-order valence-electron chi connectivity index (χ3n) is 2.76. The highest BCUT2D eigenvalue weighted by Crippen LogP contribution is 2.23. The minimum atomic E-state index is -0.0562. The fraction of sp³-hybridized carbons (Fsp3) is 0.200. The van der Waals surface area contributed by atoms with Gasteiger partial charge in [-0.25, -0.2) is 0 Å². The number of nitrogens with zero attached hydrogens (tertiary/aromatic N) is 1. The predicted molar refractivity (Wildman–Crippen MR) is 88.7 cm³/mol. The Bertz CT molecular complexity index is 607. The predicted octanol–water partition coefficient (Wildman–Crippen LogP) is 3.83. The first-order valence-corrected chi connectivity index (χ1v) is 7.89. The number of pyridine rings is 1. The third-order valence-corrected chi connectivity index (χ3v) is 4.09. The second kappa shape index (κ2) is 7.90. The number of nitrogen functional groups attached to an aromatic ring is 1. The Kier molecular flexibility index (Phi) is 5.90. The van der Waals surface area contributed by atoms with E-state index < -0.39 is 0 Å². The van der Waals surface area contributed by atoms with Gasteiger partial charge < -0.3 is 11.1 Å². The number of amides is 1. The second-order valence-corrected chi connectivity index (χ2v) is 6.02. The van der Waals surface area contributed by atoms with E-state index in [9.17, 15) is 4.79 Å². The zero-order valence-corrected chi connectivity index (χ0v) is 13.0. The summed E-state index contributed by atoms with van der Waals surface area (Å²) >= 11 is 7.59. The molecule has 110 valence electrons. The van der Waals surface area contributed by atoms with Crippen LogP contribution in [0, 0.1) is 0 Å². The van der Waals surface area contributed by atoms with Crippen LogP contribution in [0.2, 0.25) is 5.02 Å². The molecule has 6 heteroatoms. The zero-order chi connectivity index (χ0) is 15.1. The maximum atomic E-state index is 11.9. The van der Waals surface area contributed by atoms with Crippen LogP contribution in [0.25, 0.3) is 0 Å². The fourth-order valence-corrected chi connectivity index (χ4v) is 2.72. The van der Waals surface area contributed by atoms with Crippen molar-refractivity contribution in [3.05, 3.63) is 47.7 Å². The van der Waals surface area contributed by atoms with E-state index in [1.165, 1.54) is 0 Å². The topological polar surface area (TPSA) is 68.0 Å². The van der Waals surface area contributed by atoms with Gasteiger partial charge in [-0.2, -0.15) is 0 Å². The molecule has 2 aromatic rings. The van der Waals surface area contributed by atoms with E-state index in [1.807, 2.05) is 12.1 Å². The van der Waals surface area contributed by atoms with Crippen molar-refractivity contribution in [2.24, 2.45) is 0 Å². The smallest absolute Gasteiger partial charge is 0.224 e. The number of anilines is 2. The van der Waals surface area contributed by atoms with E-state index in [0.717, 1.165) is 17.1 Å². The van der Waals surface area contributed by atoms with Crippen molar-refractivity contribution in [2.45, 2.75) is 17.7 Å². The van der Waals surface area contributed by atoms with Crippen LogP contribution in [0.1, 0.15) is 12.8 Å². The molecule has 0 fully saturated rings. The van der Waals surface area contributed by atoms with Crippen LogP contribution in [-0.2, 0) is 4.79 Å². The summed E-state index contributed by atoms with van der Waals surface area (Å²) in [7, 11) is 0. The minimum absolute atomic E-state index is 0.0562. The molecule has 0 saturated heterocycles. The minimum Gasteiger partial charge on any atom is -0.397 e. The SMILES string of the molecule is Nc1ccc(Cl)cc1NC(=O)CCCSc1ccncc1. The molecule has 1 aromatic carbocycles. The molecule has 0 aliphatic rings. The van der Waals surface area contributed by atoms with E-state index in [2.05, 4.69) is 10.3 Å². The number of rotatable bonds is 6. The highest BCUT2D eigenvalue weighted by molar-refractivity contribution is 7.99. The van der Waals surface area contributed by atoms with Crippen LogP contribution in [0.4, 0.5) is 11.4 Å². The molecule has 2 rings (SSSR count). The number of hydrogen-bond acceptors (Lipinski definition) is 4. The summed E-state index contributed by atoms with van der Waals surface area (Å²) in [6, 6.07) is 8.93. The lowest BCUT2D eigenvalue weighted by Crippen LogP contribution is -2.12. The summed E-state index contributed by atoms with van der Waals surface area (Å²) in [5.74, 6) is 0.821. The molecule has 1 aromatic heterocycles. The zero-order valence-electron chi connectivity index (χ0n) is 11.4. The fourth-order valence-electron chi connectivity index (χ4n) is 1.71. The Morgan fingerprint density at radius 3 is 2.81 bits per heavy atom. The van der Waals surface area contributed by atoms with Crippen LogP contribution in [0.5, 0.6) is 0 Å². The number of thioether (sulfide) groups is 1. The van der Waals surface area contributed by atoms with E-state index in [0.29, 0.717) is 22.8 Å². The van der Waals surface area contributed by atoms with Gasteiger partial charge in [-0.05, 0) is 42.5 Å². The normalized spacial score (nSPS) is 10.3. The van der Waals surface area contributed by atoms with Crippen LogP contribution in [-0.4, -0.2) is 16.6 Å². The van der Waals surface area contributed by atoms with Gasteiger partial charge in [0.2, 0.25) is 5.91 Å². The van der Waals surface area contributed by atoms with Crippen LogP contribution >= 0.6 is 23.4 Å². The van der Waals surface area contributed by atoms with Crippen molar-refractivity contribution >= 4 is 40.6 Å². The molecule has 0 aliphatic heterocycles. The van der Waals surface area contributed by atoms with Gasteiger partial charge in [0.1, 0.15) is 0 Å². The summed E-state index contributed by atoms with van der Waals surface area (Å²) in [6.45, 7) is 0. The van der Waals surface area contributed by atoms with Gasteiger partial charge in [-0.3, -0.25) is 9.78 Å². The molecule has 0 unspecified atom stereocenters.